The number of anilines is 1. The highest BCUT2D eigenvalue weighted by atomic mass is 32.2. The fourth-order valence-corrected chi connectivity index (χ4v) is 7.54. The third kappa shape index (κ3) is 5.53. The number of alkyl halides is 3. The van der Waals surface area contributed by atoms with Crippen LogP contribution in [0.1, 0.15) is 19.4 Å². The Morgan fingerprint density at radius 3 is 2.49 bits per heavy atom. The van der Waals surface area contributed by atoms with Crippen LogP contribution in [0.25, 0.3) is 22.0 Å². The quantitative estimate of drug-likeness (QED) is 0.209. The van der Waals surface area contributed by atoms with Crippen molar-refractivity contribution in [1.82, 2.24) is 14.5 Å². The fourth-order valence-electron chi connectivity index (χ4n) is 6.24. The SMILES string of the molecule is C=CC(=O)N1[C@H](C)CN(c2nc(=O)n3c4c(c(-c5ccc(F)cc5F)c(C(F)(F)F)cc24)SCC(/C=[N+]2\C=CN=N2)C3)C[C@@H]1C. The highest BCUT2D eigenvalue weighted by Crippen LogP contribution is 2.49. The number of piperazine rings is 1. The van der Waals surface area contributed by atoms with Crippen molar-refractivity contribution in [3.05, 3.63) is 77.0 Å². The molecule has 0 bridgehead atoms. The van der Waals surface area contributed by atoms with Gasteiger partial charge in [0.2, 0.25) is 12.1 Å². The Morgan fingerprint density at radius 2 is 1.87 bits per heavy atom. The van der Waals surface area contributed by atoms with Crippen molar-refractivity contribution in [2.45, 2.75) is 43.5 Å². The van der Waals surface area contributed by atoms with E-state index in [2.05, 4.69) is 21.9 Å². The molecule has 1 aromatic heterocycles. The average molecular weight is 645 g/mol. The maximum absolute atomic E-state index is 15.3. The van der Waals surface area contributed by atoms with Gasteiger partial charge in [0, 0.05) is 70.9 Å². The summed E-state index contributed by atoms with van der Waals surface area (Å²) in [6.07, 6.45) is 0.997. The van der Waals surface area contributed by atoms with Crippen LogP contribution >= 0.6 is 11.8 Å². The number of halogens is 5. The molecule has 1 unspecified atom stereocenters. The molecule has 0 aliphatic carbocycles. The van der Waals surface area contributed by atoms with Crippen LogP contribution in [0.5, 0.6) is 0 Å². The first-order valence-electron chi connectivity index (χ1n) is 14.0. The van der Waals surface area contributed by atoms with Crippen molar-refractivity contribution < 1.29 is 31.4 Å². The molecule has 234 valence electrons. The van der Waals surface area contributed by atoms with Gasteiger partial charge in [-0.05, 0) is 38.1 Å². The zero-order chi connectivity index (χ0) is 32.2. The number of thioether (sulfide) groups is 1. The van der Waals surface area contributed by atoms with Crippen LogP contribution < -0.4 is 10.6 Å². The number of carbonyl (C=O) groups is 1. The first-order valence-corrected chi connectivity index (χ1v) is 15.0. The van der Waals surface area contributed by atoms with E-state index in [0.717, 1.165) is 30.0 Å². The van der Waals surface area contributed by atoms with Crippen LogP contribution in [0, 0.1) is 17.6 Å². The number of amides is 1. The number of hydrogen-bond donors (Lipinski definition) is 0. The lowest BCUT2D eigenvalue weighted by Crippen LogP contribution is -2.58. The summed E-state index contributed by atoms with van der Waals surface area (Å²) in [5.74, 6) is -2.56. The minimum Gasteiger partial charge on any atom is -0.352 e. The highest BCUT2D eigenvalue weighted by Gasteiger charge is 2.40. The van der Waals surface area contributed by atoms with Crippen LogP contribution in [0.4, 0.5) is 27.8 Å². The molecule has 45 heavy (non-hydrogen) atoms. The number of benzene rings is 2. The van der Waals surface area contributed by atoms with E-state index in [9.17, 15) is 27.2 Å². The lowest BCUT2D eigenvalue weighted by molar-refractivity contribution is -0.461. The minimum absolute atomic E-state index is 0.0298. The Bertz CT molecular complexity index is 1860. The standard InChI is InChI=1S/C30H27F5N7O2S/c1-4-24(43)42-16(2)11-39(12-17(42)3)28-21-10-22(30(33,34)35)25(20-6-5-19(31)9-23(20)32)27-26(21)41(29(44)37-28)14-18(15-45-27)13-40-8-7-36-38-40/h4-10,13,16-18H,1,11-12,14-15H2,2-3H3/q+1/b40-13+/t16-,17+,18?. The van der Waals surface area contributed by atoms with E-state index in [1.807, 2.05) is 0 Å². The van der Waals surface area contributed by atoms with Crippen LogP contribution in [0.3, 0.4) is 0 Å². The molecule has 0 N–H and O–H groups in total. The van der Waals surface area contributed by atoms with Crippen LogP contribution in [0.2, 0.25) is 0 Å². The predicted molar refractivity (Wildman–Crippen MR) is 159 cm³/mol. The number of aromatic nitrogens is 2. The molecule has 6 rings (SSSR count). The summed E-state index contributed by atoms with van der Waals surface area (Å²) < 4.78 is 76.6. The molecular formula is C30H27F5N7O2S+. The van der Waals surface area contributed by atoms with Gasteiger partial charge in [-0.25, -0.2) is 13.6 Å². The zero-order valence-electron chi connectivity index (χ0n) is 24.1. The second-order valence-electron chi connectivity index (χ2n) is 11.1. The van der Waals surface area contributed by atoms with Gasteiger partial charge in [0.25, 0.3) is 0 Å². The van der Waals surface area contributed by atoms with Crippen molar-refractivity contribution in [2.24, 2.45) is 16.3 Å². The Morgan fingerprint density at radius 1 is 1.13 bits per heavy atom. The van der Waals surface area contributed by atoms with Gasteiger partial charge in [-0.2, -0.15) is 18.2 Å². The maximum Gasteiger partial charge on any atom is 0.417 e. The molecule has 1 amide bonds. The Balaban J connectivity index is 1.63. The smallest absolute Gasteiger partial charge is 0.352 e. The molecule has 0 saturated carbocycles. The molecule has 3 atom stereocenters. The van der Waals surface area contributed by atoms with Gasteiger partial charge in [0.05, 0.1) is 16.2 Å². The highest BCUT2D eigenvalue weighted by molar-refractivity contribution is 7.99. The average Bonchev–Trinajstić information content (AvgIpc) is 3.41. The molecule has 3 aromatic rings. The molecule has 1 saturated heterocycles. The third-order valence-electron chi connectivity index (χ3n) is 8.02. The van der Waals surface area contributed by atoms with Crippen molar-refractivity contribution in [2.75, 3.05) is 23.7 Å². The molecule has 3 aliphatic heterocycles. The van der Waals surface area contributed by atoms with Crippen LogP contribution in [0.15, 0.2) is 69.3 Å². The second-order valence-corrected chi connectivity index (χ2v) is 12.2. The summed E-state index contributed by atoms with van der Waals surface area (Å²) in [4.78, 5) is 34.0. The van der Waals surface area contributed by atoms with Gasteiger partial charge < -0.3 is 9.80 Å². The zero-order valence-corrected chi connectivity index (χ0v) is 24.9. The van der Waals surface area contributed by atoms with E-state index >= 15 is 4.39 Å². The van der Waals surface area contributed by atoms with Crippen molar-refractivity contribution in [1.29, 1.82) is 0 Å². The monoisotopic (exact) mass is 644 g/mol. The van der Waals surface area contributed by atoms with E-state index in [4.69, 9.17) is 0 Å². The van der Waals surface area contributed by atoms with E-state index in [1.54, 1.807) is 36.1 Å². The van der Waals surface area contributed by atoms with Crippen molar-refractivity contribution in [3.8, 4) is 11.1 Å². The topological polar surface area (TPSA) is 86.2 Å². The molecule has 15 heteroatoms. The van der Waals surface area contributed by atoms with Gasteiger partial charge in [-0.3, -0.25) is 9.36 Å². The van der Waals surface area contributed by atoms with Crippen LogP contribution in [-0.4, -0.2) is 62.2 Å². The molecule has 0 spiro atoms. The lowest BCUT2D eigenvalue weighted by atomic mass is 9.95. The molecule has 2 aromatic carbocycles. The second kappa shape index (κ2) is 11.5. The van der Waals surface area contributed by atoms with E-state index in [1.165, 1.54) is 21.5 Å². The molecule has 3 aliphatic rings. The summed E-state index contributed by atoms with van der Waals surface area (Å²) in [6.45, 7) is 7.58. The Labute approximate surface area is 258 Å². The Hall–Kier alpha value is -4.40. The summed E-state index contributed by atoms with van der Waals surface area (Å²) in [6, 6.07) is 2.56. The third-order valence-corrected chi connectivity index (χ3v) is 9.30. The molecule has 9 nitrogen and oxygen atoms in total. The summed E-state index contributed by atoms with van der Waals surface area (Å²) in [7, 11) is 0. The van der Waals surface area contributed by atoms with Crippen LogP contribution in [-0.2, 0) is 17.5 Å². The molecule has 0 radical (unpaired) electrons. The van der Waals surface area contributed by atoms with Crippen molar-refractivity contribution >= 4 is 40.6 Å². The largest absolute Gasteiger partial charge is 0.417 e. The normalized spacial score (nSPS) is 22.4. The fraction of sp³-hybridized carbons (Fsp3) is 0.333. The van der Waals surface area contributed by atoms with E-state index < -0.39 is 46.1 Å². The predicted octanol–water partition coefficient (Wildman–Crippen LogP) is 5.63. The maximum atomic E-state index is 15.3. The van der Waals surface area contributed by atoms with Gasteiger partial charge >= 0.3 is 11.9 Å². The lowest BCUT2D eigenvalue weighted by Gasteiger charge is -2.44. The molecule has 1 fully saturated rings. The van der Waals surface area contributed by atoms with Gasteiger partial charge in [-0.1, -0.05) is 6.58 Å². The summed E-state index contributed by atoms with van der Waals surface area (Å²) in [5, 5.41) is 7.76. The first kappa shape index (κ1) is 30.6. The molecular weight excluding hydrogens is 617 g/mol. The summed E-state index contributed by atoms with van der Waals surface area (Å²) >= 11 is 1.05. The summed E-state index contributed by atoms with van der Waals surface area (Å²) in [5.41, 5.74) is -2.60. The Kier molecular flexibility index (Phi) is 7.83. The van der Waals surface area contributed by atoms with E-state index in [-0.39, 0.29) is 65.0 Å². The number of nitrogens with zero attached hydrogens (tertiary/aromatic N) is 7. The van der Waals surface area contributed by atoms with Gasteiger partial charge in [-0.15, -0.1) is 16.4 Å². The van der Waals surface area contributed by atoms with Crippen molar-refractivity contribution in [3.63, 3.8) is 0 Å². The number of carbonyl (C=O) groups excluding carboxylic acids is 1. The minimum atomic E-state index is -4.95. The van der Waals surface area contributed by atoms with Gasteiger partial charge in [0.1, 0.15) is 28.9 Å². The number of hydrogen-bond acceptors (Lipinski definition) is 7. The molecule has 4 heterocycles. The first-order chi connectivity index (χ1) is 21.4. The van der Waals surface area contributed by atoms with E-state index in [0.29, 0.717) is 6.07 Å². The number of rotatable bonds is 4. The van der Waals surface area contributed by atoms with Gasteiger partial charge in [0.15, 0.2) is 6.20 Å².